The molecule has 1 aromatic carbocycles. The third-order valence-corrected chi connectivity index (χ3v) is 4.58. The molecule has 1 aromatic rings. The molecule has 21 heavy (non-hydrogen) atoms. The number of rotatable bonds is 9. The number of hydrogen-bond acceptors (Lipinski definition) is 4. The molecule has 2 atom stereocenters. The smallest absolute Gasteiger partial charge is 0.114 e. The van der Waals surface area contributed by atoms with Crippen LogP contribution < -0.4 is 5.73 Å². The molecule has 3 N–H and O–H groups in total. The lowest BCUT2D eigenvalue weighted by Crippen LogP contribution is -2.50. The Labute approximate surface area is 127 Å². The van der Waals surface area contributed by atoms with Gasteiger partial charge in [-0.2, -0.15) is 0 Å². The molecule has 118 valence electrons. The highest BCUT2D eigenvalue weighted by Crippen LogP contribution is 2.36. The molecule has 1 saturated carbocycles. The predicted octanol–water partition coefficient (Wildman–Crippen LogP) is 1.58. The Bertz CT molecular complexity index is 422. The highest BCUT2D eigenvalue weighted by Gasteiger charge is 2.37. The van der Waals surface area contributed by atoms with Crippen LogP contribution in [0.3, 0.4) is 0 Å². The van der Waals surface area contributed by atoms with Crippen molar-refractivity contribution in [1.29, 1.82) is 0 Å². The van der Waals surface area contributed by atoms with Crippen molar-refractivity contribution >= 4 is 0 Å². The summed E-state index contributed by atoms with van der Waals surface area (Å²) < 4.78 is 5.22. The van der Waals surface area contributed by atoms with Crippen molar-refractivity contribution in [2.45, 2.75) is 31.4 Å². The third-order valence-electron chi connectivity index (χ3n) is 4.58. The molecule has 4 heteroatoms. The maximum Gasteiger partial charge on any atom is 0.114 e. The topological polar surface area (TPSA) is 58.7 Å². The average molecular weight is 292 g/mol. The van der Waals surface area contributed by atoms with Gasteiger partial charge in [-0.05, 0) is 31.2 Å². The van der Waals surface area contributed by atoms with E-state index in [1.165, 1.54) is 12.8 Å². The van der Waals surface area contributed by atoms with Crippen molar-refractivity contribution in [1.82, 2.24) is 4.90 Å². The Balaban J connectivity index is 2.11. The Hall–Kier alpha value is -0.940. The number of ether oxygens (including phenoxy) is 1. The average Bonchev–Trinajstić information content (AvgIpc) is 3.36. The summed E-state index contributed by atoms with van der Waals surface area (Å²) in [5.41, 5.74) is 5.79. The number of nitrogens with two attached hydrogens (primary N) is 1. The van der Waals surface area contributed by atoms with Gasteiger partial charge in [0.25, 0.3) is 0 Å². The monoisotopic (exact) mass is 292 g/mol. The lowest BCUT2D eigenvalue weighted by atomic mass is 9.92. The Kier molecular flexibility index (Phi) is 5.76. The predicted molar refractivity (Wildman–Crippen MR) is 85.0 cm³/mol. The normalized spacial score (nSPS) is 19.5. The summed E-state index contributed by atoms with van der Waals surface area (Å²) in [6, 6.07) is 10.2. The van der Waals surface area contributed by atoms with Gasteiger partial charge in [0, 0.05) is 32.8 Å². The number of aliphatic hydroxyl groups is 1. The maximum absolute atomic E-state index is 11.0. The van der Waals surface area contributed by atoms with Gasteiger partial charge in [-0.15, -0.1) is 0 Å². The highest BCUT2D eigenvalue weighted by molar-refractivity contribution is 5.23. The minimum absolute atomic E-state index is 0.220. The van der Waals surface area contributed by atoms with Gasteiger partial charge in [0.1, 0.15) is 5.60 Å². The second-order valence-electron chi connectivity index (χ2n) is 6.14. The first-order valence-corrected chi connectivity index (χ1v) is 7.81. The summed E-state index contributed by atoms with van der Waals surface area (Å²) in [5.74, 6) is 0.750. The van der Waals surface area contributed by atoms with Gasteiger partial charge in [0.15, 0.2) is 0 Å². The van der Waals surface area contributed by atoms with Crippen LogP contribution in [0, 0.1) is 5.92 Å². The molecule has 2 unspecified atom stereocenters. The van der Waals surface area contributed by atoms with Crippen LogP contribution in [0.1, 0.15) is 25.3 Å². The summed E-state index contributed by atoms with van der Waals surface area (Å²) >= 11 is 0. The van der Waals surface area contributed by atoms with Crippen LogP contribution in [0.25, 0.3) is 0 Å². The molecule has 1 fully saturated rings. The molecule has 0 aliphatic heterocycles. The summed E-state index contributed by atoms with van der Waals surface area (Å²) in [6.07, 6.45) is 2.58. The molecular formula is C17H28N2O2. The van der Waals surface area contributed by atoms with Crippen LogP contribution in [-0.4, -0.2) is 49.4 Å². The van der Waals surface area contributed by atoms with Crippen molar-refractivity contribution < 1.29 is 9.84 Å². The number of methoxy groups -OCH3 is 1. The Morgan fingerprint density at radius 3 is 2.57 bits per heavy atom. The van der Waals surface area contributed by atoms with E-state index in [4.69, 9.17) is 10.5 Å². The standard InChI is InChI=1S/C17H28N2O2/c1-14(15-8-9-15)19(10-11-21-2)13-17(20,12-18)16-6-4-3-5-7-16/h3-7,14-15,20H,8-13,18H2,1-2H3. The van der Waals surface area contributed by atoms with E-state index in [0.29, 0.717) is 19.2 Å². The van der Waals surface area contributed by atoms with Gasteiger partial charge in [-0.25, -0.2) is 0 Å². The molecule has 0 amide bonds. The van der Waals surface area contributed by atoms with E-state index in [1.54, 1.807) is 7.11 Å². The van der Waals surface area contributed by atoms with E-state index in [1.807, 2.05) is 30.3 Å². The van der Waals surface area contributed by atoms with Crippen molar-refractivity contribution in [2.75, 3.05) is 33.4 Å². The molecular weight excluding hydrogens is 264 g/mol. The maximum atomic E-state index is 11.0. The first kappa shape index (κ1) is 16.4. The second-order valence-corrected chi connectivity index (χ2v) is 6.14. The van der Waals surface area contributed by atoms with E-state index in [0.717, 1.165) is 18.0 Å². The van der Waals surface area contributed by atoms with E-state index in [-0.39, 0.29) is 6.54 Å². The molecule has 0 radical (unpaired) electrons. The van der Waals surface area contributed by atoms with Crippen LogP contribution in [0.2, 0.25) is 0 Å². The van der Waals surface area contributed by atoms with Crippen LogP contribution in [0.4, 0.5) is 0 Å². The van der Waals surface area contributed by atoms with Gasteiger partial charge >= 0.3 is 0 Å². The zero-order valence-corrected chi connectivity index (χ0v) is 13.2. The second kappa shape index (κ2) is 7.36. The summed E-state index contributed by atoms with van der Waals surface area (Å²) in [4.78, 5) is 2.32. The van der Waals surface area contributed by atoms with E-state index >= 15 is 0 Å². The minimum Gasteiger partial charge on any atom is -0.383 e. The molecule has 2 rings (SSSR count). The van der Waals surface area contributed by atoms with Crippen molar-refractivity contribution in [2.24, 2.45) is 11.7 Å². The number of benzene rings is 1. The fourth-order valence-corrected chi connectivity index (χ4v) is 2.87. The molecule has 1 aliphatic carbocycles. The SMILES string of the molecule is COCCN(CC(O)(CN)c1ccccc1)C(C)C1CC1. The molecule has 0 aromatic heterocycles. The largest absolute Gasteiger partial charge is 0.383 e. The van der Waals surface area contributed by atoms with Crippen LogP contribution in [0.5, 0.6) is 0 Å². The lowest BCUT2D eigenvalue weighted by molar-refractivity contribution is -0.0138. The van der Waals surface area contributed by atoms with Crippen molar-refractivity contribution in [3.05, 3.63) is 35.9 Å². The van der Waals surface area contributed by atoms with Gasteiger partial charge in [0.05, 0.1) is 6.61 Å². The van der Waals surface area contributed by atoms with Crippen LogP contribution >= 0.6 is 0 Å². The fraction of sp³-hybridized carbons (Fsp3) is 0.647. The molecule has 0 heterocycles. The van der Waals surface area contributed by atoms with E-state index < -0.39 is 5.60 Å². The Morgan fingerprint density at radius 2 is 2.05 bits per heavy atom. The molecule has 0 spiro atoms. The van der Waals surface area contributed by atoms with Crippen LogP contribution in [-0.2, 0) is 10.3 Å². The van der Waals surface area contributed by atoms with Gasteiger partial charge in [-0.1, -0.05) is 30.3 Å². The third kappa shape index (κ3) is 4.27. The lowest BCUT2D eigenvalue weighted by Gasteiger charge is -2.37. The van der Waals surface area contributed by atoms with Gasteiger partial charge < -0.3 is 15.6 Å². The zero-order valence-electron chi connectivity index (χ0n) is 13.2. The first-order valence-electron chi connectivity index (χ1n) is 7.81. The van der Waals surface area contributed by atoms with Crippen molar-refractivity contribution in [3.63, 3.8) is 0 Å². The fourth-order valence-electron chi connectivity index (χ4n) is 2.87. The molecule has 1 aliphatic rings. The van der Waals surface area contributed by atoms with E-state index in [2.05, 4.69) is 11.8 Å². The van der Waals surface area contributed by atoms with E-state index in [9.17, 15) is 5.11 Å². The molecule has 4 nitrogen and oxygen atoms in total. The summed E-state index contributed by atoms with van der Waals surface area (Å²) in [5, 5.41) is 11.0. The quantitative estimate of drug-likeness (QED) is 0.725. The molecule has 0 bridgehead atoms. The minimum atomic E-state index is -1.00. The van der Waals surface area contributed by atoms with Crippen LogP contribution in [0.15, 0.2) is 30.3 Å². The number of nitrogens with zero attached hydrogens (tertiary/aromatic N) is 1. The highest BCUT2D eigenvalue weighted by atomic mass is 16.5. The van der Waals surface area contributed by atoms with Gasteiger partial charge in [-0.3, -0.25) is 4.90 Å². The van der Waals surface area contributed by atoms with Gasteiger partial charge in [0.2, 0.25) is 0 Å². The Morgan fingerprint density at radius 1 is 1.38 bits per heavy atom. The zero-order chi connectivity index (χ0) is 15.3. The summed E-state index contributed by atoms with van der Waals surface area (Å²) in [7, 11) is 1.71. The molecule has 0 saturated heterocycles. The number of hydrogen-bond donors (Lipinski definition) is 2. The van der Waals surface area contributed by atoms with Crippen molar-refractivity contribution in [3.8, 4) is 0 Å². The summed E-state index contributed by atoms with van der Waals surface area (Å²) in [6.45, 7) is 4.51. The first-order chi connectivity index (χ1) is 10.1.